The number of benzene rings is 3. The highest BCUT2D eigenvalue weighted by Crippen LogP contribution is 2.23. The van der Waals surface area contributed by atoms with E-state index in [9.17, 15) is 9.59 Å². The Hall–Kier alpha value is -2.76. The molecule has 0 saturated heterocycles. The van der Waals surface area contributed by atoms with E-state index in [4.69, 9.17) is 11.6 Å². The van der Waals surface area contributed by atoms with Gasteiger partial charge in [-0.1, -0.05) is 71.8 Å². The third-order valence-corrected chi connectivity index (χ3v) is 6.38. The van der Waals surface area contributed by atoms with Crippen LogP contribution in [0.2, 0.25) is 5.02 Å². The molecule has 166 valence electrons. The van der Waals surface area contributed by atoms with Crippen molar-refractivity contribution in [3.05, 3.63) is 101 Å². The van der Waals surface area contributed by atoms with Crippen LogP contribution < -0.4 is 5.32 Å². The van der Waals surface area contributed by atoms with Gasteiger partial charge in [0.25, 0.3) is 0 Å². The number of carbonyl (C=O) groups excluding carboxylic acids is 2. The van der Waals surface area contributed by atoms with E-state index in [0.29, 0.717) is 18.0 Å². The van der Waals surface area contributed by atoms with Crippen molar-refractivity contribution in [2.45, 2.75) is 30.8 Å². The molecule has 6 heteroatoms. The van der Waals surface area contributed by atoms with Crippen LogP contribution in [0.1, 0.15) is 16.7 Å². The highest BCUT2D eigenvalue weighted by molar-refractivity contribution is 8.00. The van der Waals surface area contributed by atoms with Crippen LogP contribution in [0.3, 0.4) is 0 Å². The maximum Gasteiger partial charge on any atom is 0.242 e. The number of hydrogen-bond donors (Lipinski definition) is 1. The molecule has 0 spiro atoms. The number of rotatable bonds is 9. The minimum atomic E-state index is -0.610. The number of halogens is 1. The van der Waals surface area contributed by atoms with Crippen molar-refractivity contribution in [2.24, 2.45) is 0 Å². The summed E-state index contributed by atoms with van der Waals surface area (Å²) in [6.07, 6.45) is 0.448. The van der Waals surface area contributed by atoms with Crippen molar-refractivity contribution in [3.63, 3.8) is 0 Å². The molecule has 3 aromatic carbocycles. The van der Waals surface area contributed by atoms with Crippen LogP contribution >= 0.6 is 23.4 Å². The van der Waals surface area contributed by atoms with Gasteiger partial charge in [-0.15, -0.1) is 11.8 Å². The molecule has 2 amide bonds. The number of aryl methyl sites for hydroxylation is 1. The zero-order valence-electron chi connectivity index (χ0n) is 18.3. The molecular weight excluding hydrogens is 440 g/mol. The number of hydrogen-bond acceptors (Lipinski definition) is 3. The molecule has 0 unspecified atom stereocenters. The number of likely N-dealkylation sites (N-methyl/N-ethyl adjacent to an activating group) is 1. The fourth-order valence-corrected chi connectivity index (χ4v) is 4.40. The van der Waals surface area contributed by atoms with Gasteiger partial charge in [-0.05, 0) is 42.3 Å². The number of carbonyl (C=O) groups is 2. The Labute approximate surface area is 199 Å². The second-order valence-corrected chi connectivity index (χ2v) is 9.06. The molecule has 0 saturated carbocycles. The van der Waals surface area contributed by atoms with Crippen LogP contribution in [0, 0.1) is 6.92 Å². The molecule has 4 nitrogen and oxygen atoms in total. The summed E-state index contributed by atoms with van der Waals surface area (Å²) >= 11 is 7.41. The molecule has 0 aliphatic rings. The Morgan fingerprint density at radius 1 is 0.969 bits per heavy atom. The van der Waals surface area contributed by atoms with Gasteiger partial charge in [0.05, 0.1) is 5.75 Å². The monoisotopic (exact) mass is 466 g/mol. The largest absolute Gasteiger partial charge is 0.357 e. The van der Waals surface area contributed by atoms with Gasteiger partial charge in [0.1, 0.15) is 6.04 Å². The van der Waals surface area contributed by atoms with Crippen molar-refractivity contribution in [3.8, 4) is 0 Å². The van der Waals surface area contributed by atoms with Crippen molar-refractivity contribution in [2.75, 3.05) is 12.8 Å². The lowest BCUT2D eigenvalue weighted by molar-refractivity contribution is -0.139. The Bertz CT molecular complexity index is 1040. The summed E-state index contributed by atoms with van der Waals surface area (Å²) in [5, 5.41) is 3.40. The summed E-state index contributed by atoms with van der Waals surface area (Å²) in [5.41, 5.74) is 3.12. The van der Waals surface area contributed by atoms with E-state index in [2.05, 4.69) is 11.4 Å². The molecule has 0 aliphatic heterocycles. The summed E-state index contributed by atoms with van der Waals surface area (Å²) in [7, 11) is 1.61. The second-order valence-electron chi connectivity index (χ2n) is 7.57. The Kier molecular flexibility index (Phi) is 8.77. The van der Waals surface area contributed by atoms with Crippen LogP contribution in [0.15, 0.2) is 83.8 Å². The first-order valence-corrected chi connectivity index (χ1v) is 11.8. The highest BCUT2D eigenvalue weighted by Gasteiger charge is 2.29. The van der Waals surface area contributed by atoms with E-state index in [1.807, 2.05) is 79.7 Å². The summed E-state index contributed by atoms with van der Waals surface area (Å²) < 4.78 is 0. The van der Waals surface area contributed by atoms with E-state index in [-0.39, 0.29) is 17.6 Å². The Morgan fingerprint density at radius 3 is 2.31 bits per heavy atom. The van der Waals surface area contributed by atoms with E-state index >= 15 is 0 Å². The molecule has 0 radical (unpaired) electrons. The number of thioether (sulfide) groups is 1. The first-order valence-electron chi connectivity index (χ1n) is 10.4. The molecule has 1 atom stereocenters. The zero-order chi connectivity index (χ0) is 22.9. The van der Waals surface area contributed by atoms with Crippen molar-refractivity contribution < 1.29 is 9.59 Å². The van der Waals surface area contributed by atoms with E-state index in [1.165, 1.54) is 11.8 Å². The fourth-order valence-electron chi connectivity index (χ4n) is 3.49. The van der Waals surface area contributed by atoms with Gasteiger partial charge < -0.3 is 10.2 Å². The summed E-state index contributed by atoms with van der Waals surface area (Å²) in [4.78, 5) is 29.0. The second kappa shape index (κ2) is 11.7. The first kappa shape index (κ1) is 23.9. The predicted octanol–water partition coefficient (Wildman–Crippen LogP) is 5.13. The average molecular weight is 467 g/mol. The molecule has 0 bridgehead atoms. The van der Waals surface area contributed by atoms with Crippen LogP contribution in [-0.4, -0.2) is 35.6 Å². The van der Waals surface area contributed by atoms with Crippen molar-refractivity contribution in [1.82, 2.24) is 10.2 Å². The average Bonchev–Trinajstić information content (AvgIpc) is 2.81. The third kappa shape index (κ3) is 6.87. The van der Waals surface area contributed by atoms with Crippen LogP contribution in [-0.2, 0) is 22.6 Å². The lowest BCUT2D eigenvalue weighted by atomic mass is 10.0. The molecule has 0 fully saturated rings. The lowest BCUT2D eigenvalue weighted by Gasteiger charge is -2.31. The summed E-state index contributed by atoms with van der Waals surface area (Å²) in [6.45, 7) is 2.39. The number of nitrogens with one attached hydrogen (secondary N) is 1. The summed E-state index contributed by atoms with van der Waals surface area (Å²) in [6, 6.07) is 24.6. The van der Waals surface area contributed by atoms with E-state index < -0.39 is 6.04 Å². The standard InChI is InChI=1S/C26H27ClN2O2S/c1-19-7-6-10-21(15-19)17-29(25(30)18-32-23-13-11-22(27)12-14-23)24(26(31)28-2)16-20-8-4-3-5-9-20/h3-15,24H,16-18H2,1-2H3,(H,28,31)/t24-/m0/s1. The molecule has 0 heterocycles. The van der Waals surface area contributed by atoms with Gasteiger partial charge in [-0.2, -0.15) is 0 Å². The highest BCUT2D eigenvalue weighted by atomic mass is 35.5. The minimum absolute atomic E-state index is 0.0870. The minimum Gasteiger partial charge on any atom is -0.357 e. The molecule has 0 aliphatic carbocycles. The molecule has 3 aromatic rings. The molecule has 1 N–H and O–H groups in total. The normalized spacial score (nSPS) is 11.6. The van der Waals surface area contributed by atoms with Gasteiger partial charge in [0.2, 0.25) is 11.8 Å². The first-order chi connectivity index (χ1) is 15.5. The maximum absolute atomic E-state index is 13.4. The quantitative estimate of drug-likeness (QED) is 0.445. The smallest absolute Gasteiger partial charge is 0.242 e. The molecule has 3 rings (SSSR count). The predicted molar refractivity (Wildman–Crippen MR) is 132 cm³/mol. The van der Waals surface area contributed by atoms with Crippen LogP contribution in [0.4, 0.5) is 0 Å². The lowest BCUT2D eigenvalue weighted by Crippen LogP contribution is -2.50. The Balaban J connectivity index is 1.86. The molecule has 32 heavy (non-hydrogen) atoms. The van der Waals surface area contributed by atoms with Gasteiger partial charge in [-0.25, -0.2) is 0 Å². The van der Waals surface area contributed by atoms with Crippen LogP contribution in [0.5, 0.6) is 0 Å². The van der Waals surface area contributed by atoms with Gasteiger partial charge in [0.15, 0.2) is 0 Å². The van der Waals surface area contributed by atoms with Crippen molar-refractivity contribution >= 4 is 35.2 Å². The molecule has 0 aromatic heterocycles. The fraction of sp³-hybridized carbons (Fsp3) is 0.231. The molecular formula is C26H27ClN2O2S. The SMILES string of the molecule is CNC(=O)[C@H](Cc1ccccc1)N(Cc1cccc(C)c1)C(=O)CSc1ccc(Cl)cc1. The van der Waals surface area contributed by atoms with Crippen LogP contribution in [0.25, 0.3) is 0 Å². The van der Waals surface area contributed by atoms with E-state index in [0.717, 1.165) is 21.6 Å². The van der Waals surface area contributed by atoms with Gasteiger partial charge in [-0.3, -0.25) is 9.59 Å². The van der Waals surface area contributed by atoms with Gasteiger partial charge in [0, 0.05) is 29.9 Å². The van der Waals surface area contributed by atoms with Gasteiger partial charge >= 0.3 is 0 Å². The van der Waals surface area contributed by atoms with Crippen molar-refractivity contribution in [1.29, 1.82) is 0 Å². The summed E-state index contributed by atoms with van der Waals surface area (Å²) in [5.74, 6) is -0.0298. The van der Waals surface area contributed by atoms with E-state index in [1.54, 1.807) is 11.9 Å². The zero-order valence-corrected chi connectivity index (χ0v) is 19.8. The number of amides is 2. The topological polar surface area (TPSA) is 49.4 Å². The maximum atomic E-state index is 13.4. The third-order valence-electron chi connectivity index (χ3n) is 5.13. The number of nitrogens with zero attached hydrogens (tertiary/aromatic N) is 1. The Morgan fingerprint density at radius 2 is 1.66 bits per heavy atom.